The first-order valence-electron chi connectivity index (χ1n) is 9.15. The van der Waals surface area contributed by atoms with E-state index in [2.05, 4.69) is 10.1 Å². The summed E-state index contributed by atoms with van der Waals surface area (Å²) < 4.78 is 29.8. The monoisotopic (exact) mass is 408 g/mol. The number of likely N-dealkylation sites (N-methyl/N-ethyl adjacent to an activating group) is 1. The molecule has 3 saturated heterocycles. The predicted molar refractivity (Wildman–Crippen MR) is 98.5 cm³/mol. The number of anilines is 2. The Hall–Kier alpha value is -3.24. The molecule has 3 aliphatic heterocycles. The van der Waals surface area contributed by atoms with E-state index in [1.807, 2.05) is 4.90 Å². The minimum absolute atomic E-state index is 0.0955. The van der Waals surface area contributed by atoms with Crippen molar-refractivity contribution in [2.75, 3.05) is 50.1 Å². The second-order valence-corrected chi connectivity index (χ2v) is 7.13. The van der Waals surface area contributed by atoms with E-state index < -0.39 is 24.1 Å². The smallest absolute Gasteiger partial charge is 0.414 e. The van der Waals surface area contributed by atoms with E-state index in [0.717, 1.165) is 0 Å². The lowest BCUT2D eigenvalue weighted by Gasteiger charge is -2.23. The first-order chi connectivity index (χ1) is 13.9. The van der Waals surface area contributed by atoms with Crippen LogP contribution in [0, 0.1) is 5.82 Å². The number of benzene rings is 1. The molecule has 3 aliphatic rings. The van der Waals surface area contributed by atoms with Gasteiger partial charge in [-0.05, 0) is 18.2 Å². The highest BCUT2D eigenvalue weighted by Gasteiger charge is 2.46. The molecule has 3 fully saturated rings. The standard InChI is InChI=1S/C18H21FN4O6/c1-21-14-8-22(9-15(14)29-17(21)25)13-4-3-10(5-12(13)19)23-7-11(28-18(23)26)6-20-16(24)27-2/h3-5,11,14-15H,6-9H2,1-2H3,(H,20,24)/t11-,14?,15?/m0/s1. The van der Waals surface area contributed by atoms with Crippen molar-refractivity contribution in [1.29, 1.82) is 0 Å². The number of carbonyl (C=O) groups excluding carboxylic acids is 3. The second kappa shape index (κ2) is 7.30. The third kappa shape index (κ3) is 3.47. The third-order valence-corrected chi connectivity index (χ3v) is 5.39. The van der Waals surface area contributed by atoms with Gasteiger partial charge in [-0.25, -0.2) is 18.8 Å². The molecule has 4 rings (SSSR count). The molecule has 156 valence electrons. The number of hydrogen-bond acceptors (Lipinski definition) is 7. The Bertz CT molecular complexity index is 852. The number of hydrogen-bond donors (Lipinski definition) is 1. The molecule has 0 spiro atoms. The molecule has 29 heavy (non-hydrogen) atoms. The number of cyclic esters (lactones) is 1. The molecule has 0 saturated carbocycles. The minimum atomic E-state index is -0.624. The first-order valence-corrected chi connectivity index (χ1v) is 9.15. The van der Waals surface area contributed by atoms with Gasteiger partial charge in [-0.2, -0.15) is 0 Å². The summed E-state index contributed by atoms with van der Waals surface area (Å²) in [5.74, 6) is -0.486. The number of nitrogens with zero attached hydrogens (tertiary/aromatic N) is 3. The number of alkyl carbamates (subject to hydrolysis) is 1. The van der Waals surface area contributed by atoms with E-state index in [1.54, 1.807) is 19.2 Å². The molecule has 1 aromatic carbocycles. The summed E-state index contributed by atoms with van der Waals surface area (Å²) in [7, 11) is 2.91. The summed E-state index contributed by atoms with van der Waals surface area (Å²) in [6.45, 7) is 1.15. The number of halogens is 1. The number of amides is 3. The minimum Gasteiger partial charge on any atom is -0.453 e. The summed E-state index contributed by atoms with van der Waals surface area (Å²) in [6.07, 6.45) is -2.45. The summed E-state index contributed by atoms with van der Waals surface area (Å²) in [4.78, 5) is 39.5. The molecule has 0 radical (unpaired) electrons. The van der Waals surface area contributed by atoms with Crippen LogP contribution in [0.5, 0.6) is 0 Å². The van der Waals surface area contributed by atoms with Crippen molar-refractivity contribution in [3.8, 4) is 0 Å². The summed E-state index contributed by atoms with van der Waals surface area (Å²) in [6, 6.07) is 4.40. The van der Waals surface area contributed by atoms with Crippen LogP contribution < -0.4 is 15.1 Å². The third-order valence-electron chi connectivity index (χ3n) is 5.39. The van der Waals surface area contributed by atoms with Gasteiger partial charge in [-0.3, -0.25) is 4.90 Å². The number of fused-ring (bicyclic) bond motifs is 1. The molecule has 1 aromatic rings. The largest absolute Gasteiger partial charge is 0.453 e. The van der Waals surface area contributed by atoms with Crippen molar-refractivity contribution < 1.29 is 33.0 Å². The molecular formula is C18H21FN4O6. The van der Waals surface area contributed by atoms with Crippen LogP contribution in [-0.2, 0) is 14.2 Å². The number of nitrogens with one attached hydrogen (secondary N) is 1. The Balaban J connectivity index is 1.42. The molecule has 2 unspecified atom stereocenters. The lowest BCUT2D eigenvalue weighted by molar-refractivity contribution is 0.132. The fourth-order valence-electron chi connectivity index (χ4n) is 3.82. The fourth-order valence-corrected chi connectivity index (χ4v) is 3.82. The topological polar surface area (TPSA) is 101 Å². The molecular weight excluding hydrogens is 387 g/mol. The molecule has 0 aromatic heterocycles. The lowest BCUT2D eigenvalue weighted by atomic mass is 10.2. The molecule has 10 nitrogen and oxygen atoms in total. The Kier molecular flexibility index (Phi) is 4.81. The van der Waals surface area contributed by atoms with E-state index in [9.17, 15) is 18.8 Å². The van der Waals surface area contributed by atoms with Crippen LogP contribution in [-0.4, -0.2) is 81.8 Å². The van der Waals surface area contributed by atoms with Gasteiger partial charge in [0.1, 0.15) is 18.0 Å². The quantitative estimate of drug-likeness (QED) is 0.746. The predicted octanol–water partition coefficient (Wildman–Crippen LogP) is 1.15. The zero-order valence-corrected chi connectivity index (χ0v) is 16.0. The van der Waals surface area contributed by atoms with E-state index in [0.29, 0.717) is 24.5 Å². The second-order valence-electron chi connectivity index (χ2n) is 7.13. The van der Waals surface area contributed by atoms with Crippen molar-refractivity contribution >= 4 is 29.7 Å². The molecule has 1 N–H and O–H groups in total. The van der Waals surface area contributed by atoms with Gasteiger partial charge < -0.3 is 29.3 Å². The summed E-state index contributed by atoms with van der Waals surface area (Å²) >= 11 is 0. The average Bonchev–Trinajstić information content (AvgIpc) is 3.35. The van der Waals surface area contributed by atoms with Crippen LogP contribution in [0.1, 0.15) is 0 Å². The van der Waals surface area contributed by atoms with Gasteiger partial charge in [0.15, 0.2) is 0 Å². The zero-order chi connectivity index (χ0) is 20.7. The fraction of sp³-hybridized carbons (Fsp3) is 0.500. The van der Waals surface area contributed by atoms with Gasteiger partial charge in [-0.15, -0.1) is 0 Å². The molecule has 3 atom stereocenters. The van der Waals surface area contributed by atoms with Crippen molar-refractivity contribution in [2.45, 2.75) is 18.2 Å². The van der Waals surface area contributed by atoms with E-state index in [-0.39, 0.29) is 31.3 Å². The Labute approximate surface area is 166 Å². The molecule has 3 amide bonds. The highest BCUT2D eigenvalue weighted by Crippen LogP contribution is 2.33. The van der Waals surface area contributed by atoms with E-state index in [4.69, 9.17) is 9.47 Å². The van der Waals surface area contributed by atoms with Crippen molar-refractivity contribution in [3.63, 3.8) is 0 Å². The highest BCUT2D eigenvalue weighted by atomic mass is 19.1. The van der Waals surface area contributed by atoms with Crippen molar-refractivity contribution in [2.24, 2.45) is 0 Å². The maximum atomic E-state index is 14.8. The van der Waals surface area contributed by atoms with Crippen LogP contribution in [0.3, 0.4) is 0 Å². The Morgan fingerprint density at radius 2 is 2.03 bits per heavy atom. The molecule has 0 aliphatic carbocycles. The number of carbonyl (C=O) groups is 3. The van der Waals surface area contributed by atoms with Crippen LogP contribution in [0.2, 0.25) is 0 Å². The van der Waals surface area contributed by atoms with Crippen molar-refractivity contribution in [1.82, 2.24) is 10.2 Å². The Morgan fingerprint density at radius 1 is 1.24 bits per heavy atom. The maximum absolute atomic E-state index is 14.8. The van der Waals surface area contributed by atoms with Gasteiger partial charge >= 0.3 is 18.3 Å². The lowest BCUT2D eigenvalue weighted by Crippen LogP contribution is -2.35. The highest BCUT2D eigenvalue weighted by molar-refractivity contribution is 5.90. The van der Waals surface area contributed by atoms with Crippen LogP contribution in [0.15, 0.2) is 18.2 Å². The molecule has 0 bridgehead atoms. The summed E-state index contributed by atoms with van der Waals surface area (Å²) in [5.41, 5.74) is 0.740. The van der Waals surface area contributed by atoms with Gasteiger partial charge in [0, 0.05) is 13.6 Å². The van der Waals surface area contributed by atoms with Crippen LogP contribution >= 0.6 is 0 Å². The summed E-state index contributed by atoms with van der Waals surface area (Å²) in [5, 5.41) is 2.46. The van der Waals surface area contributed by atoms with Gasteiger partial charge in [0.05, 0.1) is 44.2 Å². The van der Waals surface area contributed by atoms with Gasteiger partial charge in [0.25, 0.3) is 0 Å². The maximum Gasteiger partial charge on any atom is 0.414 e. The SMILES string of the molecule is COC(=O)NC[C@H]1CN(c2ccc(N3CC4OC(=O)N(C)C4C3)c(F)c2)C(=O)O1. The number of ether oxygens (including phenoxy) is 3. The molecule has 3 heterocycles. The van der Waals surface area contributed by atoms with E-state index >= 15 is 0 Å². The number of rotatable bonds is 4. The van der Waals surface area contributed by atoms with Crippen molar-refractivity contribution in [3.05, 3.63) is 24.0 Å². The van der Waals surface area contributed by atoms with Crippen LogP contribution in [0.4, 0.5) is 30.1 Å². The number of methoxy groups -OCH3 is 1. The normalized spacial score (nSPS) is 25.8. The zero-order valence-electron chi connectivity index (χ0n) is 16.0. The van der Waals surface area contributed by atoms with Gasteiger partial charge in [-0.1, -0.05) is 0 Å². The van der Waals surface area contributed by atoms with Gasteiger partial charge in [0.2, 0.25) is 0 Å². The molecule has 11 heteroatoms. The van der Waals surface area contributed by atoms with E-state index in [1.165, 1.54) is 23.0 Å². The average molecular weight is 408 g/mol. The Morgan fingerprint density at radius 3 is 2.72 bits per heavy atom. The first kappa shape index (κ1) is 19.1. The van der Waals surface area contributed by atoms with Crippen LogP contribution in [0.25, 0.3) is 0 Å².